The number of methoxy groups -OCH3 is 1. The van der Waals surface area contributed by atoms with Crippen LogP contribution in [0.1, 0.15) is 13.8 Å². The quantitative estimate of drug-likeness (QED) is 0.642. The third-order valence-electron chi connectivity index (χ3n) is 2.05. The van der Waals surface area contributed by atoms with Crippen LogP contribution >= 0.6 is 11.6 Å². The second kappa shape index (κ2) is 6.35. The number of anilines is 1. The van der Waals surface area contributed by atoms with Crippen LogP contribution in [0.4, 0.5) is 5.69 Å². The van der Waals surface area contributed by atoms with Crippen LogP contribution in [0.3, 0.4) is 0 Å². The number of nitrogens with one attached hydrogen (secondary N) is 1. The molecule has 0 aliphatic rings. The van der Waals surface area contributed by atoms with E-state index in [1.807, 2.05) is 0 Å². The van der Waals surface area contributed by atoms with Crippen molar-refractivity contribution in [3.05, 3.63) is 23.2 Å². The number of aliphatic imine (C=N–C) groups is 1. The van der Waals surface area contributed by atoms with Crippen molar-refractivity contribution in [1.82, 2.24) is 0 Å². The Morgan fingerprint density at radius 1 is 1.53 bits per heavy atom. The molecule has 0 aliphatic heterocycles. The number of nitrogens with zero attached hydrogens (tertiary/aromatic N) is 1. The standard InChI is InChI=1S/C12H18ClN3O/c1-8(2)7-15-12(14)16-10-6-9(13)4-5-11(10)17-3/h4-6,8H,7H2,1-3H3,(H3,14,15,16). The monoisotopic (exact) mass is 255 g/mol. The normalized spacial score (nSPS) is 11.7. The van der Waals surface area contributed by atoms with Crippen molar-refractivity contribution in [3.8, 4) is 5.75 Å². The summed E-state index contributed by atoms with van der Waals surface area (Å²) in [6.45, 7) is 4.84. The van der Waals surface area contributed by atoms with Crippen LogP contribution in [0.25, 0.3) is 0 Å². The van der Waals surface area contributed by atoms with E-state index in [1.54, 1.807) is 25.3 Å². The maximum atomic E-state index is 5.91. The Morgan fingerprint density at radius 2 is 2.24 bits per heavy atom. The minimum atomic E-state index is 0.360. The van der Waals surface area contributed by atoms with E-state index in [0.717, 1.165) is 0 Å². The summed E-state index contributed by atoms with van der Waals surface area (Å²) >= 11 is 5.91. The van der Waals surface area contributed by atoms with Crippen molar-refractivity contribution in [1.29, 1.82) is 0 Å². The van der Waals surface area contributed by atoms with E-state index in [9.17, 15) is 0 Å². The zero-order chi connectivity index (χ0) is 12.8. The first-order valence-corrected chi connectivity index (χ1v) is 5.81. The van der Waals surface area contributed by atoms with Gasteiger partial charge in [-0.2, -0.15) is 0 Å². The molecule has 0 aliphatic carbocycles. The minimum Gasteiger partial charge on any atom is -0.495 e. The molecule has 3 N–H and O–H groups in total. The van der Waals surface area contributed by atoms with Crippen molar-refractivity contribution < 1.29 is 4.74 Å². The Labute approximate surface area is 107 Å². The van der Waals surface area contributed by atoms with E-state index in [0.29, 0.717) is 34.9 Å². The van der Waals surface area contributed by atoms with Crippen LogP contribution in [0.5, 0.6) is 5.75 Å². The van der Waals surface area contributed by atoms with Crippen LogP contribution in [0, 0.1) is 5.92 Å². The van der Waals surface area contributed by atoms with Gasteiger partial charge in [0, 0.05) is 11.6 Å². The molecule has 0 saturated carbocycles. The zero-order valence-electron chi connectivity index (χ0n) is 10.3. The molecule has 17 heavy (non-hydrogen) atoms. The first-order chi connectivity index (χ1) is 8.02. The maximum absolute atomic E-state index is 5.91. The molecular weight excluding hydrogens is 238 g/mol. The Bertz CT molecular complexity index is 405. The van der Waals surface area contributed by atoms with E-state index in [1.165, 1.54) is 0 Å². The van der Waals surface area contributed by atoms with E-state index < -0.39 is 0 Å². The summed E-state index contributed by atoms with van der Waals surface area (Å²) in [5.41, 5.74) is 6.48. The van der Waals surface area contributed by atoms with Gasteiger partial charge < -0.3 is 15.8 Å². The Morgan fingerprint density at radius 3 is 2.82 bits per heavy atom. The summed E-state index contributed by atoms with van der Waals surface area (Å²) in [4.78, 5) is 4.21. The fourth-order valence-electron chi connectivity index (χ4n) is 1.24. The number of halogens is 1. The minimum absolute atomic E-state index is 0.360. The fraction of sp³-hybridized carbons (Fsp3) is 0.417. The van der Waals surface area contributed by atoms with Gasteiger partial charge >= 0.3 is 0 Å². The number of benzene rings is 1. The number of rotatable bonds is 4. The molecule has 0 radical (unpaired) electrons. The SMILES string of the molecule is COc1ccc(Cl)cc1NC(N)=NCC(C)C. The van der Waals surface area contributed by atoms with E-state index in [-0.39, 0.29) is 0 Å². The highest BCUT2D eigenvalue weighted by atomic mass is 35.5. The van der Waals surface area contributed by atoms with Crippen molar-refractivity contribution in [2.24, 2.45) is 16.6 Å². The molecule has 1 rings (SSSR count). The molecule has 5 heteroatoms. The van der Waals surface area contributed by atoms with Gasteiger partial charge in [-0.15, -0.1) is 0 Å². The molecule has 0 aromatic heterocycles. The molecule has 0 spiro atoms. The Kier molecular flexibility index (Phi) is 5.10. The third-order valence-corrected chi connectivity index (χ3v) is 2.29. The Hall–Kier alpha value is -1.42. The second-order valence-corrected chi connectivity index (χ2v) is 4.53. The number of nitrogens with two attached hydrogens (primary N) is 1. The van der Waals surface area contributed by atoms with Gasteiger partial charge in [0.05, 0.1) is 12.8 Å². The molecule has 0 unspecified atom stereocenters. The summed E-state index contributed by atoms with van der Waals surface area (Å²) in [7, 11) is 1.59. The molecule has 94 valence electrons. The predicted octanol–water partition coefficient (Wildman–Crippen LogP) is 2.73. The van der Waals surface area contributed by atoms with Crippen molar-refractivity contribution in [2.75, 3.05) is 19.0 Å². The van der Waals surface area contributed by atoms with Crippen LogP contribution < -0.4 is 15.8 Å². The molecule has 0 heterocycles. The van der Waals surface area contributed by atoms with Crippen LogP contribution in [-0.2, 0) is 0 Å². The zero-order valence-corrected chi connectivity index (χ0v) is 11.1. The van der Waals surface area contributed by atoms with E-state index >= 15 is 0 Å². The van der Waals surface area contributed by atoms with Crippen LogP contribution in [0.15, 0.2) is 23.2 Å². The number of ether oxygens (including phenoxy) is 1. The van der Waals surface area contributed by atoms with E-state index in [4.69, 9.17) is 22.1 Å². The molecular formula is C12H18ClN3O. The molecule has 1 aromatic carbocycles. The first kappa shape index (κ1) is 13.6. The van der Waals surface area contributed by atoms with Gasteiger partial charge in [-0.1, -0.05) is 25.4 Å². The molecule has 0 bridgehead atoms. The summed E-state index contributed by atoms with van der Waals surface area (Å²) in [6, 6.07) is 5.28. The second-order valence-electron chi connectivity index (χ2n) is 4.09. The lowest BCUT2D eigenvalue weighted by Gasteiger charge is -2.11. The highest BCUT2D eigenvalue weighted by Crippen LogP contribution is 2.27. The molecule has 0 fully saturated rings. The topological polar surface area (TPSA) is 59.6 Å². The molecule has 4 nitrogen and oxygen atoms in total. The highest BCUT2D eigenvalue weighted by Gasteiger charge is 2.04. The largest absolute Gasteiger partial charge is 0.495 e. The molecule has 0 atom stereocenters. The maximum Gasteiger partial charge on any atom is 0.193 e. The summed E-state index contributed by atoms with van der Waals surface area (Å²) in [5, 5.41) is 3.59. The Balaban J connectivity index is 2.79. The van der Waals surface area contributed by atoms with Gasteiger partial charge in [-0.05, 0) is 24.1 Å². The van der Waals surface area contributed by atoms with E-state index in [2.05, 4.69) is 24.2 Å². The van der Waals surface area contributed by atoms with Crippen LogP contribution in [0.2, 0.25) is 5.02 Å². The summed E-state index contributed by atoms with van der Waals surface area (Å²) in [5.74, 6) is 1.51. The third kappa shape index (κ3) is 4.53. The smallest absolute Gasteiger partial charge is 0.193 e. The first-order valence-electron chi connectivity index (χ1n) is 5.43. The van der Waals surface area contributed by atoms with Gasteiger partial charge in [0.1, 0.15) is 5.75 Å². The average molecular weight is 256 g/mol. The number of guanidine groups is 1. The average Bonchev–Trinajstić information content (AvgIpc) is 2.27. The lowest BCUT2D eigenvalue weighted by Crippen LogP contribution is -2.23. The summed E-state index contributed by atoms with van der Waals surface area (Å²) < 4.78 is 5.20. The highest BCUT2D eigenvalue weighted by molar-refractivity contribution is 6.31. The van der Waals surface area contributed by atoms with Gasteiger partial charge in [0.2, 0.25) is 0 Å². The van der Waals surface area contributed by atoms with Gasteiger partial charge in [-0.3, -0.25) is 4.99 Å². The van der Waals surface area contributed by atoms with Crippen molar-refractivity contribution in [3.63, 3.8) is 0 Å². The number of hydrogen-bond donors (Lipinski definition) is 2. The predicted molar refractivity (Wildman–Crippen MR) is 73.0 cm³/mol. The van der Waals surface area contributed by atoms with Crippen LogP contribution in [-0.4, -0.2) is 19.6 Å². The fourth-order valence-corrected chi connectivity index (χ4v) is 1.41. The lowest BCUT2D eigenvalue weighted by molar-refractivity contribution is 0.417. The van der Waals surface area contributed by atoms with Gasteiger partial charge in [-0.25, -0.2) is 0 Å². The lowest BCUT2D eigenvalue weighted by atomic mass is 10.2. The van der Waals surface area contributed by atoms with Gasteiger partial charge in [0.15, 0.2) is 5.96 Å². The van der Waals surface area contributed by atoms with Crippen molar-refractivity contribution in [2.45, 2.75) is 13.8 Å². The van der Waals surface area contributed by atoms with Gasteiger partial charge in [0.25, 0.3) is 0 Å². The number of hydrogen-bond acceptors (Lipinski definition) is 2. The molecule has 0 amide bonds. The van der Waals surface area contributed by atoms with Crippen molar-refractivity contribution >= 4 is 23.2 Å². The molecule has 1 aromatic rings. The summed E-state index contributed by atoms with van der Waals surface area (Å²) in [6.07, 6.45) is 0. The molecule has 0 saturated heterocycles.